The number of hydrogen-bond donors (Lipinski definition) is 2. The van der Waals surface area contributed by atoms with Crippen molar-refractivity contribution in [2.24, 2.45) is 0 Å². The number of aliphatic hydroxyl groups is 1. The maximum Gasteiger partial charge on any atom is 0.323 e. The fourth-order valence-corrected chi connectivity index (χ4v) is 2.06. The van der Waals surface area contributed by atoms with Gasteiger partial charge in [0, 0.05) is 26.2 Å². The Bertz CT molecular complexity index is 294. The van der Waals surface area contributed by atoms with Crippen molar-refractivity contribution in [3.8, 4) is 0 Å². The van der Waals surface area contributed by atoms with Gasteiger partial charge in [-0.2, -0.15) is 0 Å². The lowest BCUT2D eigenvalue weighted by molar-refractivity contribution is -0.137. The zero-order valence-corrected chi connectivity index (χ0v) is 12.5. The van der Waals surface area contributed by atoms with Gasteiger partial charge in [0.1, 0.15) is 6.54 Å². The third-order valence-corrected chi connectivity index (χ3v) is 3.13. The van der Waals surface area contributed by atoms with E-state index in [0.717, 1.165) is 12.8 Å². The SMILES string of the molecule is CCC(CC)N(CCO)C(=O)N(CCOC)CC(=O)O. The minimum Gasteiger partial charge on any atom is -0.480 e. The van der Waals surface area contributed by atoms with E-state index in [1.165, 1.54) is 12.0 Å². The maximum absolute atomic E-state index is 12.5. The first-order valence-electron chi connectivity index (χ1n) is 6.88. The molecular formula is C13H26N2O5. The van der Waals surface area contributed by atoms with Crippen LogP contribution in [-0.4, -0.2) is 78.0 Å². The van der Waals surface area contributed by atoms with E-state index in [4.69, 9.17) is 14.9 Å². The fourth-order valence-electron chi connectivity index (χ4n) is 2.06. The van der Waals surface area contributed by atoms with Crippen molar-refractivity contribution in [3.05, 3.63) is 0 Å². The van der Waals surface area contributed by atoms with Crippen LogP contribution in [0.25, 0.3) is 0 Å². The molecule has 2 N–H and O–H groups in total. The van der Waals surface area contributed by atoms with Crippen LogP contribution in [0.5, 0.6) is 0 Å². The smallest absolute Gasteiger partial charge is 0.323 e. The number of carboxylic acids is 1. The molecule has 0 aliphatic rings. The van der Waals surface area contributed by atoms with Crippen LogP contribution in [0.2, 0.25) is 0 Å². The van der Waals surface area contributed by atoms with Gasteiger partial charge in [0.05, 0.1) is 13.2 Å². The minimum absolute atomic E-state index is 0.00603. The average Bonchev–Trinajstić information content (AvgIpc) is 2.42. The van der Waals surface area contributed by atoms with E-state index < -0.39 is 5.97 Å². The molecule has 2 amide bonds. The van der Waals surface area contributed by atoms with Crippen molar-refractivity contribution in [2.45, 2.75) is 32.7 Å². The van der Waals surface area contributed by atoms with Crippen LogP contribution >= 0.6 is 0 Å². The molecule has 0 aliphatic carbocycles. The summed E-state index contributed by atoms with van der Waals surface area (Å²) in [7, 11) is 1.50. The molecule has 0 rings (SSSR count). The molecule has 0 saturated carbocycles. The predicted molar refractivity (Wildman–Crippen MR) is 74.6 cm³/mol. The van der Waals surface area contributed by atoms with Crippen LogP contribution < -0.4 is 0 Å². The molecule has 0 bridgehead atoms. The van der Waals surface area contributed by atoms with E-state index in [0.29, 0.717) is 0 Å². The van der Waals surface area contributed by atoms with Crippen LogP contribution in [-0.2, 0) is 9.53 Å². The second kappa shape index (κ2) is 10.4. The predicted octanol–water partition coefficient (Wildman–Crippen LogP) is 0.622. The minimum atomic E-state index is -1.07. The average molecular weight is 290 g/mol. The Morgan fingerprint density at radius 1 is 1.20 bits per heavy atom. The van der Waals surface area contributed by atoms with Crippen molar-refractivity contribution in [1.29, 1.82) is 0 Å². The number of hydrogen-bond acceptors (Lipinski definition) is 4. The number of urea groups is 1. The molecule has 7 nitrogen and oxygen atoms in total. The molecule has 0 fully saturated rings. The second-order valence-corrected chi connectivity index (χ2v) is 4.48. The van der Waals surface area contributed by atoms with Crippen molar-refractivity contribution in [1.82, 2.24) is 9.80 Å². The zero-order chi connectivity index (χ0) is 15.5. The number of aliphatic carboxylic acids is 1. The lowest BCUT2D eigenvalue weighted by Gasteiger charge is -2.34. The first-order chi connectivity index (χ1) is 9.51. The first-order valence-corrected chi connectivity index (χ1v) is 6.88. The quantitative estimate of drug-likeness (QED) is 0.615. The maximum atomic E-state index is 12.5. The van der Waals surface area contributed by atoms with Gasteiger partial charge in [0.2, 0.25) is 0 Å². The highest BCUT2D eigenvalue weighted by Crippen LogP contribution is 2.11. The standard InChI is InChI=1S/C13H26N2O5/c1-4-11(5-2)15(6-8-16)13(19)14(7-9-20-3)10-12(17)18/h11,16H,4-10H2,1-3H3,(H,17,18). The van der Waals surface area contributed by atoms with E-state index >= 15 is 0 Å². The molecule has 0 atom stereocenters. The Hall–Kier alpha value is -1.34. The summed E-state index contributed by atoms with van der Waals surface area (Å²) in [6, 6.07) is -0.374. The molecule has 0 aliphatic heterocycles. The summed E-state index contributed by atoms with van der Waals surface area (Å²) in [4.78, 5) is 26.1. The molecule has 0 saturated heterocycles. The molecule has 0 spiro atoms. The van der Waals surface area contributed by atoms with E-state index in [-0.39, 0.29) is 44.9 Å². The number of nitrogens with zero attached hydrogens (tertiary/aromatic N) is 2. The lowest BCUT2D eigenvalue weighted by atomic mass is 10.1. The summed E-state index contributed by atoms with van der Waals surface area (Å²) in [5, 5.41) is 18.0. The largest absolute Gasteiger partial charge is 0.480 e. The zero-order valence-electron chi connectivity index (χ0n) is 12.5. The number of aliphatic hydroxyl groups excluding tert-OH is 1. The van der Waals surface area contributed by atoms with Gasteiger partial charge in [-0.15, -0.1) is 0 Å². The summed E-state index contributed by atoms with van der Waals surface area (Å²) < 4.78 is 4.90. The number of carbonyl (C=O) groups excluding carboxylic acids is 1. The van der Waals surface area contributed by atoms with Gasteiger partial charge in [-0.1, -0.05) is 13.8 Å². The number of rotatable bonds is 10. The van der Waals surface area contributed by atoms with E-state index in [1.807, 2.05) is 13.8 Å². The van der Waals surface area contributed by atoms with Gasteiger partial charge < -0.3 is 24.7 Å². The molecule has 7 heteroatoms. The first kappa shape index (κ1) is 18.7. The summed E-state index contributed by atoms with van der Waals surface area (Å²) in [5.74, 6) is -1.07. The molecular weight excluding hydrogens is 264 g/mol. The molecule has 0 heterocycles. The Morgan fingerprint density at radius 2 is 1.80 bits per heavy atom. The van der Waals surface area contributed by atoms with Crippen LogP contribution in [0.1, 0.15) is 26.7 Å². The van der Waals surface area contributed by atoms with Crippen molar-refractivity contribution in [2.75, 3.05) is 40.0 Å². The fraction of sp³-hybridized carbons (Fsp3) is 0.846. The molecule has 0 unspecified atom stereocenters. The highest BCUT2D eigenvalue weighted by Gasteiger charge is 2.26. The van der Waals surface area contributed by atoms with Gasteiger partial charge in [-0.25, -0.2) is 4.79 Å². The monoisotopic (exact) mass is 290 g/mol. The highest BCUT2D eigenvalue weighted by atomic mass is 16.5. The Kier molecular flexibility index (Phi) is 9.75. The normalized spacial score (nSPS) is 10.7. The molecule has 0 aromatic heterocycles. The Balaban J connectivity index is 4.96. The topological polar surface area (TPSA) is 90.3 Å². The van der Waals surface area contributed by atoms with Crippen molar-refractivity contribution in [3.63, 3.8) is 0 Å². The Morgan fingerprint density at radius 3 is 2.20 bits per heavy atom. The van der Waals surface area contributed by atoms with Gasteiger partial charge in [-0.05, 0) is 12.8 Å². The summed E-state index contributed by atoms with van der Waals surface area (Å²) in [5.41, 5.74) is 0. The van der Waals surface area contributed by atoms with E-state index in [1.54, 1.807) is 4.90 Å². The van der Waals surface area contributed by atoms with Crippen molar-refractivity contribution >= 4 is 12.0 Å². The van der Waals surface area contributed by atoms with Crippen LogP contribution in [0, 0.1) is 0 Å². The summed E-state index contributed by atoms with van der Waals surface area (Å²) in [6.07, 6.45) is 1.51. The van der Waals surface area contributed by atoms with Gasteiger partial charge in [-0.3, -0.25) is 4.79 Å². The number of methoxy groups -OCH3 is 1. The van der Waals surface area contributed by atoms with Crippen LogP contribution in [0.4, 0.5) is 4.79 Å². The lowest BCUT2D eigenvalue weighted by Crippen LogP contribution is -2.51. The van der Waals surface area contributed by atoms with Gasteiger partial charge in [0.15, 0.2) is 0 Å². The highest BCUT2D eigenvalue weighted by molar-refractivity contribution is 5.80. The number of amides is 2. The summed E-state index contributed by atoms with van der Waals surface area (Å²) >= 11 is 0. The van der Waals surface area contributed by atoms with Gasteiger partial charge >= 0.3 is 12.0 Å². The number of ether oxygens (including phenoxy) is 1. The third kappa shape index (κ3) is 6.21. The Labute approximate surface area is 120 Å². The van der Waals surface area contributed by atoms with Crippen molar-refractivity contribution < 1.29 is 24.5 Å². The van der Waals surface area contributed by atoms with Crippen LogP contribution in [0.15, 0.2) is 0 Å². The van der Waals surface area contributed by atoms with E-state index in [9.17, 15) is 9.59 Å². The molecule has 0 aromatic rings. The second-order valence-electron chi connectivity index (χ2n) is 4.48. The molecule has 118 valence electrons. The number of carbonyl (C=O) groups is 2. The molecule has 0 radical (unpaired) electrons. The van der Waals surface area contributed by atoms with Gasteiger partial charge in [0.25, 0.3) is 0 Å². The molecule has 0 aromatic carbocycles. The molecule has 20 heavy (non-hydrogen) atoms. The van der Waals surface area contributed by atoms with Crippen LogP contribution in [0.3, 0.4) is 0 Å². The third-order valence-electron chi connectivity index (χ3n) is 3.13. The number of carboxylic acid groups (broad SMARTS) is 1. The van der Waals surface area contributed by atoms with E-state index in [2.05, 4.69) is 0 Å². The summed E-state index contributed by atoms with van der Waals surface area (Å²) in [6.45, 7) is 4.09.